The molecule has 0 spiro atoms. The van der Waals surface area contributed by atoms with Gasteiger partial charge in [-0.3, -0.25) is 4.90 Å². The molecular formula is C22H26N2. The lowest BCUT2D eigenvalue weighted by Crippen LogP contribution is -2.55. The van der Waals surface area contributed by atoms with Crippen LogP contribution in [0.2, 0.25) is 0 Å². The smallest absolute Gasteiger partial charge is 0.0715 e. The molecule has 0 N–H and O–H groups in total. The molecule has 2 unspecified atom stereocenters. The Morgan fingerprint density at radius 2 is 1.83 bits per heavy atom. The number of aryl methyl sites for hydroxylation is 2. The molecule has 2 aliphatic rings. The molecule has 1 saturated heterocycles. The number of rotatable bonds is 3. The molecule has 1 fully saturated rings. The van der Waals surface area contributed by atoms with Gasteiger partial charge < -0.3 is 4.90 Å². The van der Waals surface area contributed by atoms with E-state index in [1.807, 2.05) is 0 Å². The fraction of sp³-hybridized carbons (Fsp3) is 0.455. The highest BCUT2D eigenvalue weighted by atomic mass is 15.4. The van der Waals surface area contributed by atoms with Crippen molar-refractivity contribution in [1.29, 1.82) is 0 Å². The molecule has 0 saturated carbocycles. The van der Waals surface area contributed by atoms with E-state index in [2.05, 4.69) is 67.5 Å². The summed E-state index contributed by atoms with van der Waals surface area (Å²) in [5.41, 5.74) is 6.07. The second-order valence-corrected chi connectivity index (χ2v) is 7.20. The molecule has 1 aromatic rings. The van der Waals surface area contributed by atoms with Crippen LogP contribution < -0.4 is 4.90 Å². The first-order valence-corrected chi connectivity index (χ1v) is 8.71. The average Bonchev–Trinajstić information content (AvgIpc) is 3.01. The molecule has 124 valence electrons. The summed E-state index contributed by atoms with van der Waals surface area (Å²) in [6, 6.07) is 4.22. The van der Waals surface area contributed by atoms with Crippen LogP contribution in [0, 0.1) is 44.5 Å². The van der Waals surface area contributed by atoms with Crippen LogP contribution in [0.15, 0.2) is 23.8 Å². The number of anilines is 1. The molecule has 0 aromatic heterocycles. The lowest BCUT2D eigenvalue weighted by molar-refractivity contribution is 0.108. The highest BCUT2D eigenvalue weighted by molar-refractivity contribution is 5.62. The third-order valence-corrected chi connectivity index (χ3v) is 5.74. The SMILES string of the molecule is C#CC1=CC(C)(N2CCN(c3c(C)cc(C#C)cc3C)C2)C1CC. The summed E-state index contributed by atoms with van der Waals surface area (Å²) in [7, 11) is 0. The van der Waals surface area contributed by atoms with Gasteiger partial charge in [-0.2, -0.15) is 0 Å². The van der Waals surface area contributed by atoms with Gasteiger partial charge in [0.2, 0.25) is 0 Å². The molecule has 1 aromatic carbocycles. The molecule has 24 heavy (non-hydrogen) atoms. The Labute approximate surface area is 146 Å². The van der Waals surface area contributed by atoms with E-state index in [1.165, 1.54) is 22.4 Å². The number of benzene rings is 1. The van der Waals surface area contributed by atoms with Crippen molar-refractivity contribution in [2.24, 2.45) is 5.92 Å². The molecule has 3 rings (SSSR count). The molecule has 0 bridgehead atoms. The molecule has 0 amide bonds. The topological polar surface area (TPSA) is 6.48 Å². The van der Waals surface area contributed by atoms with Gasteiger partial charge in [0.05, 0.1) is 6.67 Å². The first-order chi connectivity index (χ1) is 11.4. The highest BCUT2D eigenvalue weighted by Crippen LogP contribution is 2.45. The molecule has 1 heterocycles. The highest BCUT2D eigenvalue weighted by Gasteiger charge is 2.47. The van der Waals surface area contributed by atoms with Crippen LogP contribution in [0.3, 0.4) is 0 Å². The van der Waals surface area contributed by atoms with E-state index in [9.17, 15) is 0 Å². The van der Waals surface area contributed by atoms with E-state index in [0.717, 1.165) is 31.7 Å². The first kappa shape index (κ1) is 16.7. The zero-order valence-electron chi connectivity index (χ0n) is 15.2. The van der Waals surface area contributed by atoms with Gasteiger partial charge in [-0.15, -0.1) is 12.8 Å². The second kappa shape index (κ2) is 6.04. The molecule has 0 radical (unpaired) electrons. The van der Waals surface area contributed by atoms with Crippen LogP contribution in [0.25, 0.3) is 0 Å². The van der Waals surface area contributed by atoms with Crippen LogP contribution >= 0.6 is 0 Å². The van der Waals surface area contributed by atoms with Crippen LogP contribution in [0.4, 0.5) is 5.69 Å². The maximum absolute atomic E-state index is 5.64. The summed E-state index contributed by atoms with van der Waals surface area (Å²) in [4.78, 5) is 5.04. The Morgan fingerprint density at radius 3 is 2.38 bits per heavy atom. The van der Waals surface area contributed by atoms with Crippen molar-refractivity contribution >= 4 is 5.69 Å². The van der Waals surface area contributed by atoms with Crippen LogP contribution in [0.5, 0.6) is 0 Å². The Kier molecular flexibility index (Phi) is 4.20. The zero-order valence-corrected chi connectivity index (χ0v) is 15.2. The summed E-state index contributed by atoms with van der Waals surface area (Å²) in [6.07, 6.45) is 14.6. The Bertz CT molecular complexity index is 751. The lowest BCUT2D eigenvalue weighted by Gasteiger charge is -2.49. The lowest BCUT2D eigenvalue weighted by atomic mass is 9.67. The van der Waals surface area contributed by atoms with Gasteiger partial charge in [0, 0.05) is 41.4 Å². The van der Waals surface area contributed by atoms with E-state index in [-0.39, 0.29) is 5.54 Å². The number of hydrogen-bond acceptors (Lipinski definition) is 2. The van der Waals surface area contributed by atoms with Crippen molar-refractivity contribution in [2.75, 3.05) is 24.7 Å². The monoisotopic (exact) mass is 318 g/mol. The predicted octanol–water partition coefficient (Wildman–Crippen LogP) is 3.72. The fourth-order valence-electron chi connectivity index (χ4n) is 4.52. The van der Waals surface area contributed by atoms with E-state index in [4.69, 9.17) is 12.8 Å². The summed E-state index contributed by atoms with van der Waals surface area (Å²) in [5.74, 6) is 6.08. The van der Waals surface area contributed by atoms with Crippen molar-refractivity contribution in [2.45, 2.75) is 39.7 Å². The van der Waals surface area contributed by atoms with Crippen molar-refractivity contribution < 1.29 is 0 Å². The number of nitrogens with zero attached hydrogens (tertiary/aromatic N) is 2. The second-order valence-electron chi connectivity index (χ2n) is 7.20. The van der Waals surface area contributed by atoms with Gasteiger partial charge in [0.15, 0.2) is 0 Å². The van der Waals surface area contributed by atoms with Gasteiger partial charge in [0.25, 0.3) is 0 Å². The number of terminal acetylenes is 2. The van der Waals surface area contributed by atoms with E-state index < -0.39 is 0 Å². The van der Waals surface area contributed by atoms with Crippen LogP contribution in [-0.2, 0) is 0 Å². The summed E-state index contributed by atoms with van der Waals surface area (Å²) < 4.78 is 0. The average molecular weight is 318 g/mol. The standard InChI is InChI=1S/C22H26N2/c1-7-18-12-16(4)21(17(5)13-18)23-10-11-24(15-23)22(6)14-19(8-2)20(22)9-3/h1-2,12-14,20H,9-11,15H2,3-6H3. The first-order valence-electron chi connectivity index (χ1n) is 8.71. The minimum Gasteiger partial charge on any atom is -0.357 e. The summed E-state index contributed by atoms with van der Waals surface area (Å²) in [6.45, 7) is 11.9. The molecular weight excluding hydrogens is 292 g/mol. The molecule has 1 aliphatic heterocycles. The third-order valence-electron chi connectivity index (χ3n) is 5.74. The fourth-order valence-corrected chi connectivity index (χ4v) is 4.52. The zero-order chi connectivity index (χ0) is 17.5. The Balaban J connectivity index is 1.84. The van der Waals surface area contributed by atoms with E-state index in [0.29, 0.717) is 5.92 Å². The Morgan fingerprint density at radius 1 is 1.17 bits per heavy atom. The van der Waals surface area contributed by atoms with Crippen LogP contribution in [0.1, 0.15) is 37.0 Å². The third kappa shape index (κ3) is 2.43. The van der Waals surface area contributed by atoms with Gasteiger partial charge in [-0.25, -0.2) is 0 Å². The maximum Gasteiger partial charge on any atom is 0.0715 e. The van der Waals surface area contributed by atoms with Gasteiger partial charge >= 0.3 is 0 Å². The van der Waals surface area contributed by atoms with Gasteiger partial charge in [-0.05, 0) is 50.5 Å². The largest absolute Gasteiger partial charge is 0.357 e. The summed E-state index contributed by atoms with van der Waals surface area (Å²) >= 11 is 0. The van der Waals surface area contributed by atoms with Crippen molar-refractivity contribution in [1.82, 2.24) is 4.90 Å². The van der Waals surface area contributed by atoms with Gasteiger partial charge in [-0.1, -0.05) is 24.8 Å². The van der Waals surface area contributed by atoms with E-state index in [1.54, 1.807) is 0 Å². The molecule has 2 heteroatoms. The Hall–Kier alpha value is -2.16. The van der Waals surface area contributed by atoms with Crippen molar-refractivity contribution in [3.05, 3.63) is 40.5 Å². The predicted molar refractivity (Wildman–Crippen MR) is 102 cm³/mol. The normalized spacial score (nSPS) is 26.5. The van der Waals surface area contributed by atoms with Crippen molar-refractivity contribution in [3.63, 3.8) is 0 Å². The van der Waals surface area contributed by atoms with Gasteiger partial charge in [0.1, 0.15) is 0 Å². The summed E-state index contributed by atoms with van der Waals surface area (Å²) in [5, 5.41) is 0. The van der Waals surface area contributed by atoms with Crippen LogP contribution in [-0.4, -0.2) is 30.2 Å². The molecule has 1 aliphatic carbocycles. The quantitative estimate of drug-likeness (QED) is 0.784. The van der Waals surface area contributed by atoms with E-state index >= 15 is 0 Å². The minimum atomic E-state index is 0.0891. The maximum atomic E-state index is 5.64. The molecule has 2 atom stereocenters. The molecule has 2 nitrogen and oxygen atoms in total. The number of hydrogen-bond donors (Lipinski definition) is 0. The minimum absolute atomic E-state index is 0.0891. The van der Waals surface area contributed by atoms with Crippen molar-refractivity contribution in [3.8, 4) is 24.7 Å².